The summed E-state index contributed by atoms with van der Waals surface area (Å²) in [7, 11) is 0. The maximum atomic E-state index is 12.7. The summed E-state index contributed by atoms with van der Waals surface area (Å²) in [4.78, 5) is 25.2. The largest absolute Gasteiger partial charge is 0.462 e. The van der Waals surface area contributed by atoms with Crippen LogP contribution in [-0.4, -0.2) is 89.0 Å². The summed E-state index contributed by atoms with van der Waals surface area (Å²) >= 11 is 0. The lowest BCUT2D eigenvalue weighted by molar-refractivity contribution is -0.305. The van der Waals surface area contributed by atoms with Crippen molar-refractivity contribution in [3.05, 3.63) is 60.8 Å². The van der Waals surface area contributed by atoms with Gasteiger partial charge in [0.05, 0.1) is 13.2 Å². The van der Waals surface area contributed by atoms with Crippen molar-refractivity contribution in [2.75, 3.05) is 19.8 Å². The number of carbonyl (C=O) groups is 2. The number of esters is 2. The van der Waals surface area contributed by atoms with Crippen molar-refractivity contribution in [2.45, 2.75) is 179 Å². The van der Waals surface area contributed by atoms with Gasteiger partial charge < -0.3 is 39.4 Å². The third-order valence-electron chi connectivity index (χ3n) is 8.98. The smallest absolute Gasteiger partial charge is 0.306 e. The minimum absolute atomic E-state index is 0.201. The molecule has 10 nitrogen and oxygen atoms in total. The van der Waals surface area contributed by atoms with Gasteiger partial charge in [0.15, 0.2) is 12.4 Å². The van der Waals surface area contributed by atoms with E-state index in [0.717, 1.165) is 64.2 Å². The minimum atomic E-state index is -1.60. The molecule has 0 aromatic heterocycles. The Hall–Kier alpha value is -2.60. The van der Waals surface area contributed by atoms with Crippen LogP contribution in [0.2, 0.25) is 0 Å². The molecule has 304 valence electrons. The first-order valence-corrected chi connectivity index (χ1v) is 20.4. The van der Waals surface area contributed by atoms with Crippen LogP contribution < -0.4 is 0 Å². The van der Waals surface area contributed by atoms with Crippen LogP contribution in [0.25, 0.3) is 0 Å². The molecular weight excluding hydrogens is 676 g/mol. The fraction of sp³-hybridized carbons (Fsp3) is 0.721. The molecule has 2 unspecified atom stereocenters. The molecule has 1 aliphatic rings. The van der Waals surface area contributed by atoms with Gasteiger partial charge in [0, 0.05) is 12.8 Å². The van der Waals surface area contributed by atoms with E-state index in [9.17, 15) is 30.0 Å². The number of hydrogen-bond donors (Lipinski definition) is 4. The lowest BCUT2D eigenvalue weighted by atomic mass is 9.99. The van der Waals surface area contributed by atoms with E-state index in [1.54, 1.807) is 0 Å². The fourth-order valence-electron chi connectivity index (χ4n) is 5.72. The number of ether oxygens (including phenoxy) is 4. The fourth-order valence-corrected chi connectivity index (χ4v) is 5.72. The zero-order chi connectivity index (χ0) is 38.8. The summed E-state index contributed by atoms with van der Waals surface area (Å²) in [5.41, 5.74) is 0. The molecule has 1 heterocycles. The number of aliphatic hydroxyl groups excluding tert-OH is 4. The van der Waals surface area contributed by atoms with E-state index < -0.39 is 55.4 Å². The number of aliphatic hydroxyl groups is 4. The van der Waals surface area contributed by atoms with Gasteiger partial charge in [0.1, 0.15) is 31.0 Å². The molecule has 53 heavy (non-hydrogen) atoms. The quantitative estimate of drug-likeness (QED) is 0.0231. The first-order valence-electron chi connectivity index (χ1n) is 20.4. The van der Waals surface area contributed by atoms with E-state index >= 15 is 0 Å². The Morgan fingerprint density at radius 1 is 0.604 bits per heavy atom. The van der Waals surface area contributed by atoms with Crippen molar-refractivity contribution in [3.63, 3.8) is 0 Å². The van der Waals surface area contributed by atoms with Gasteiger partial charge in [-0.1, -0.05) is 132 Å². The Balaban J connectivity index is 2.41. The van der Waals surface area contributed by atoms with Gasteiger partial charge in [0.25, 0.3) is 0 Å². The van der Waals surface area contributed by atoms with Gasteiger partial charge in [-0.2, -0.15) is 0 Å². The Morgan fingerprint density at radius 3 is 1.75 bits per heavy atom. The Labute approximate surface area is 320 Å². The first-order chi connectivity index (χ1) is 25.8. The SMILES string of the molecule is CC/C=C/C=C/C=C/C=C/CCCCCCCC(=O)OC[C@@H](CO[C@H]1O[C@@H](CO)[C@@H](O)C(O)C1O)OC(=O)CCCCC/C=C/CCCCCCCC. The van der Waals surface area contributed by atoms with E-state index in [4.69, 9.17) is 18.9 Å². The van der Waals surface area contributed by atoms with Crippen LogP contribution in [0, 0.1) is 0 Å². The van der Waals surface area contributed by atoms with E-state index in [-0.39, 0.29) is 26.1 Å². The predicted octanol–water partition coefficient (Wildman–Crippen LogP) is 7.88. The molecule has 1 aliphatic heterocycles. The van der Waals surface area contributed by atoms with Gasteiger partial charge >= 0.3 is 11.9 Å². The average Bonchev–Trinajstić information content (AvgIpc) is 3.15. The number of rotatable bonds is 32. The molecule has 10 heteroatoms. The molecule has 1 fully saturated rings. The molecule has 0 amide bonds. The number of allylic oxidation sites excluding steroid dienone is 10. The molecule has 1 rings (SSSR count). The molecule has 4 N–H and O–H groups in total. The van der Waals surface area contributed by atoms with Gasteiger partial charge in [-0.3, -0.25) is 9.59 Å². The third kappa shape index (κ3) is 25.9. The summed E-state index contributed by atoms with van der Waals surface area (Å²) in [5.74, 6) is -0.859. The molecule has 0 aliphatic carbocycles. The van der Waals surface area contributed by atoms with Crippen molar-refractivity contribution < 1.29 is 49.0 Å². The lowest BCUT2D eigenvalue weighted by Gasteiger charge is -2.39. The van der Waals surface area contributed by atoms with Crippen molar-refractivity contribution in [1.29, 1.82) is 0 Å². The number of hydrogen-bond acceptors (Lipinski definition) is 10. The number of carbonyl (C=O) groups excluding carboxylic acids is 2. The molecule has 0 saturated carbocycles. The highest BCUT2D eigenvalue weighted by Crippen LogP contribution is 2.22. The minimum Gasteiger partial charge on any atom is -0.462 e. The highest BCUT2D eigenvalue weighted by Gasteiger charge is 2.44. The normalized spacial score (nSPS) is 21.5. The third-order valence-corrected chi connectivity index (χ3v) is 8.98. The Morgan fingerprint density at radius 2 is 1.13 bits per heavy atom. The zero-order valence-corrected chi connectivity index (χ0v) is 32.7. The number of unbranched alkanes of at least 4 members (excludes halogenated alkanes) is 14. The van der Waals surface area contributed by atoms with Crippen LogP contribution in [0.15, 0.2) is 60.8 Å². The van der Waals surface area contributed by atoms with Crippen LogP contribution in [-0.2, 0) is 28.5 Å². The Kier molecular flexibility index (Phi) is 31.0. The maximum Gasteiger partial charge on any atom is 0.306 e. The summed E-state index contributed by atoms with van der Waals surface area (Å²) in [6, 6.07) is 0. The summed E-state index contributed by atoms with van der Waals surface area (Å²) in [6.45, 7) is 3.21. The highest BCUT2D eigenvalue weighted by molar-refractivity contribution is 5.70. The van der Waals surface area contributed by atoms with Gasteiger partial charge in [-0.25, -0.2) is 0 Å². The van der Waals surface area contributed by atoms with E-state index in [2.05, 4.69) is 44.2 Å². The van der Waals surface area contributed by atoms with Gasteiger partial charge in [-0.15, -0.1) is 0 Å². The molecule has 0 bridgehead atoms. The summed E-state index contributed by atoms with van der Waals surface area (Å²) in [5, 5.41) is 40.0. The second-order valence-electron chi connectivity index (χ2n) is 13.8. The van der Waals surface area contributed by atoms with Crippen LogP contribution in [0.3, 0.4) is 0 Å². The molecule has 0 aromatic carbocycles. The average molecular weight is 749 g/mol. The van der Waals surface area contributed by atoms with Crippen molar-refractivity contribution in [2.24, 2.45) is 0 Å². The molecular formula is C43H72O10. The van der Waals surface area contributed by atoms with E-state index in [1.807, 2.05) is 30.4 Å². The van der Waals surface area contributed by atoms with Crippen molar-refractivity contribution in [1.82, 2.24) is 0 Å². The van der Waals surface area contributed by atoms with Gasteiger partial charge in [-0.05, 0) is 57.8 Å². The van der Waals surface area contributed by atoms with Crippen LogP contribution in [0.4, 0.5) is 0 Å². The Bertz CT molecular complexity index is 1050. The van der Waals surface area contributed by atoms with Crippen LogP contribution in [0.5, 0.6) is 0 Å². The standard InChI is InChI=1S/C43H72O10/c1-3-5-7-9-11-13-15-17-18-20-21-23-25-27-29-31-38(45)50-34-36(35-51-43-42(49)41(48)40(47)37(33-44)53-43)52-39(46)32-30-28-26-24-22-19-16-14-12-10-8-6-4-2/h5,7,9,11,13,15,17-19,22,36-37,40-44,47-49H,3-4,6,8,10,12,14,16,20-21,23-35H2,1-2H3/b7-5+,11-9+,15-13+,18-17+,22-19+/t36-,37-,40+,41?,42?,43-/m0/s1. The molecule has 1 saturated heterocycles. The van der Waals surface area contributed by atoms with E-state index in [0.29, 0.717) is 12.8 Å². The van der Waals surface area contributed by atoms with Crippen LogP contribution >= 0.6 is 0 Å². The molecule has 0 radical (unpaired) electrons. The molecule has 0 spiro atoms. The highest BCUT2D eigenvalue weighted by atomic mass is 16.7. The summed E-state index contributed by atoms with van der Waals surface area (Å²) in [6.07, 6.45) is 32.3. The van der Waals surface area contributed by atoms with E-state index in [1.165, 1.54) is 38.5 Å². The summed E-state index contributed by atoms with van der Waals surface area (Å²) < 4.78 is 22.0. The van der Waals surface area contributed by atoms with Crippen LogP contribution in [0.1, 0.15) is 142 Å². The van der Waals surface area contributed by atoms with Crippen molar-refractivity contribution in [3.8, 4) is 0 Å². The zero-order valence-electron chi connectivity index (χ0n) is 32.7. The lowest BCUT2D eigenvalue weighted by Crippen LogP contribution is -2.59. The van der Waals surface area contributed by atoms with Gasteiger partial charge in [0.2, 0.25) is 0 Å². The second-order valence-corrected chi connectivity index (χ2v) is 13.8. The van der Waals surface area contributed by atoms with Crippen molar-refractivity contribution >= 4 is 11.9 Å². The monoisotopic (exact) mass is 749 g/mol. The topological polar surface area (TPSA) is 152 Å². The predicted molar refractivity (Wildman–Crippen MR) is 210 cm³/mol. The second kappa shape index (κ2) is 33.9. The molecule has 6 atom stereocenters. The first kappa shape index (κ1) is 48.4. The molecule has 0 aromatic rings. The maximum absolute atomic E-state index is 12.7.